The standard InChI is InChI=1S/C10H18O/c1-4-10(11)6-5-9(7-10)8(2)3/h4,8-9,11H,1,5-7H2,2-3H3/t9-,10+/m0/s1. The van der Waals surface area contributed by atoms with Crippen LogP contribution in [0.15, 0.2) is 12.7 Å². The number of hydrogen-bond donors (Lipinski definition) is 1. The molecule has 0 aromatic carbocycles. The lowest BCUT2D eigenvalue weighted by Gasteiger charge is -2.18. The SMILES string of the molecule is C=C[C@@]1(O)CC[C@H](C(C)C)C1. The van der Waals surface area contributed by atoms with Crippen LogP contribution in [0.25, 0.3) is 0 Å². The van der Waals surface area contributed by atoms with Gasteiger partial charge in [0, 0.05) is 0 Å². The summed E-state index contributed by atoms with van der Waals surface area (Å²) in [5, 5.41) is 9.80. The summed E-state index contributed by atoms with van der Waals surface area (Å²) in [5.41, 5.74) is -0.547. The Morgan fingerprint density at radius 1 is 1.64 bits per heavy atom. The van der Waals surface area contributed by atoms with Crippen LogP contribution >= 0.6 is 0 Å². The molecule has 11 heavy (non-hydrogen) atoms. The normalized spacial score (nSPS) is 38.0. The Hall–Kier alpha value is -0.300. The molecule has 1 nitrogen and oxygen atoms in total. The van der Waals surface area contributed by atoms with E-state index in [9.17, 15) is 5.11 Å². The summed E-state index contributed by atoms with van der Waals surface area (Å²) in [6, 6.07) is 0. The molecular weight excluding hydrogens is 136 g/mol. The van der Waals surface area contributed by atoms with Crippen molar-refractivity contribution >= 4 is 0 Å². The van der Waals surface area contributed by atoms with Crippen molar-refractivity contribution in [2.45, 2.75) is 38.7 Å². The zero-order valence-electron chi connectivity index (χ0n) is 7.51. The molecule has 1 N–H and O–H groups in total. The smallest absolute Gasteiger partial charge is 0.0827 e. The Kier molecular flexibility index (Phi) is 2.38. The van der Waals surface area contributed by atoms with Crippen LogP contribution in [0.2, 0.25) is 0 Å². The highest BCUT2D eigenvalue weighted by molar-refractivity contribution is 5.01. The second-order valence-corrected chi connectivity index (χ2v) is 4.05. The molecule has 0 radical (unpaired) electrons. The van der Waals surface area contributed by atoms with Gasteiger partial charge in [-0.15, -0.1) is 6.58 Å². The van der Waals surface area contributed by atoms with Crippen LogP contribution in [0.3, 0.4) is 0 Å². The average Bonchev–Trinajstić information content (AvgIpc) is 2.33. The lowest BCUT2D eigenvalue weighted by Crippen LogP contribution is -2.21. The van der Waals surface area contributed by atoms with Crippen molar-refractivity contribution in [3.63, 3.8) is 0 Å². The summed E-state index contributed by atoms with van der Waals surface area (Å²) in [6.45, 7) is 8.10. The minimum Gasteiger partial charge on any atom is -0.386 e. The van der Waals surface area contributed by atoms with Gasteiger partial charge in [-0.05, 0) is 31.1 Å². The van der Waals surface area contributed by atoms with Gasteiger partial charge in [-0.1, -0.05) is 19.9 Å². The molecule has 1 aliphatic rings. The molecule has 1 aliphatic carbocycles. The third-order valence-electron chi connectivity index (χ3n) is 2.89. The first-order valence-electron chi connectivity index (χ1n) is 4.43. The van der Waals surface area contributed by atoms with E-state index in [0.717, 1.165) is 19.3 Å². The second-order valence-electron chi connectivity index (χ2n) is 4.05. The Morgan fingerprint density at radius 2 is 2.27 bits per heavy atom. The first-order valence-corrected chi connectivity index (χ1v) is 4.43. The monoisotopic (exact) mass is 154 g/mol. The van der Waals surface area contributed by atoms with Crippen molar-refractivity contribution in [1.29, 1.82) is 0 Å². The molecule has 0 bridgehead atoms. The molecule has 64 valence electrons. The fourth-order valence-corrected chi connectivity index (χ4v) is 1.85. The Bertz CT molecular complexity index is 151. The van der Waals surface area contributed by atoms with Crippen LogP contribution in [0.4, 0.5) is 0 Å². The maximum atomic E-state index is 9.80. The van der Waals surface area contributed by atoms with Crippen molar-refractivity contribution in [1.82, 2.24) is 0 Å². The van der Waals surface area contributed by atoms with Crippen LogP contribution < -0.4 is 0 Å². The quantitative estimate of drug-likeness (QED) is 0.605. The van der Waals surface area contributed by atoms with Gasteiger partial charge in [0.1, 0.15) is 0 Å². The molecule has 0 heterocycles. The molecular formula is C10H18O. The van der Waals surface area contributed by atoms with Gasteiger partial charge >= 0.3 is 0 Å². The summed E-state index contributed by atoms with van der Waals surface area (Å²) < 4.78 is 0. The van der Waals surface area contributed by atoms with E-state index in [4.69, 9.17) is 0 Å². The molecule has 0 amide bonds. The Morgan fingerprint density at radius 3 is 2.55 bits per heavy atom. The van der Waals surface area contributed by atoms with Gasteiger partial charge < -0.3 is 5.11 Å². The van der Waals surface area contributed by atoms with E-state index in [1.807, 2.05) is 0 Å². The van der Waals surface area contributed by atoms with Crippen molar-refractivity contribution in [2.75, 3.05) is 0 Å². The average molecular weight is 154 g/mol. The van der Waals surface area contributed by atoms with E-state index in [1.165, 1.54) is 0 Å². The minimum absolute atomic E-state index is 0.547. The van der Waals surface area contributed by atoms with Crippen molar-refractivity contribution < 1.29 is 5.11 Å². The van der Waals surface area contributed by atoms with E-state index >= 15 is 0 Å². The number of aliphatic hydroxyl groups is 1. The predicted molar refractivity (Wildman–Crippen MR) is 47.3 cm³/mol. The van der Waals surface area contributed by atoms with Gasteiger partial charge in [-0.2, -0.15) is 0 Å². The molecule has 1 fully saturated rings. The fraction of sp³-hybridized carbons (Fsp3) is 0.800. The molecule has 0 unspecified atom stereocenters. The zero-order chi connectivity index (χ0) is 8.48. The molecule has 1 rings (SSSR count). The highest BCUT2D eigenvalue weighted by Crippen LogP contribution is 2.38. The van der Waals surface area contributed by atoms with Crippen molar-refractivity contribution in [3.8, 4) is 0 Å². The number of rotatable bonds is 2. The lowest BCUT2D eigenvalue weighted by molar-refractivity contribution is 0.0918. The topological polar surface area (TPSA) is 20.2 Å². The second kappa shape index (κ2) is 2.98. The predicted octanol–water partition coefficient (Wildman–Crippen LogP) is 2.36. The first-order chi connectivity index (χ1) is 5.07. The van der Waals surface area contributed by atoms with Gasteiger partial charge in [0.15, 0.2) is 0 Å². The molecule has 0 aromatic rings. The molecule has 1 heteroatoms. The third-order valence-corrected chi connectivity index (χ3v) is 2.89. The molecule has 0 saturated heterocycles. The molecule has 1 saturated carbocycles. The van der Waals surface area contributed by atoms with E-state index in [1.54, 1.807) is 6.08 Å². The zero-order valence-corrected chi connectivity index (χ0v) is 7.51. The van der Waals surface area contributed by atoms with E-state index in [2.05, 4.69) is 20.4 Å². The van der Waals surface area contributed by atoms with Crippen LogP contribution in [0.5, 0.6) is 0 Å². The fourth-order valence-electron chi connectivity index (χ4n) is 1.85. The number of hydrogen-bond acceptors (Lipinski definition) is 1. The summed E-state index contributed by atoms with van der Waals surface area (Å²) >= 11 is 0. The van der Waals surface area contributed by atoms with Gasteiger partial charge in [-0.25, -0.2) is 0 Å². The lowest BCUT2D eigenvalue weighted by atomic mass is 9.92. The van der Waals surface area contributed by atoms with E-state index < -0.39 is 5.60 Å². The summed E-state index contributed by atoms with van der Waals surface area (Å²) in [5.74, 6) is 1.39. The summed E-state index contributed by atoms with van der Waals surface area (Å²) in [7, 11) is 0. The van der Waals surface area contributed by atoms with Gasteiger partial charge in [0.05, 0.1) is 5.60 Å². The van der Waals surface area contributed by atoms with Crippen molar-refractivity contribution in [2.24, 2.45) is 11.8 Å². The van der Waals surface area contributed by atoms with Gasteiger partial charge in [-0.3, -0.25) is 0 Å². The molecule has 2 atom stereocenters. The maximum absolute atomic E-state index is 9.80. The largest absolute Gasteiger partial charge is 0.386 e. The summed E-state index contributed by atoms with van der Waals surface area (Å²) in [4.78, 5) is 0. The molecule has 0 aromatic heterocycles. The van der Waals surface area contributed by atoms with Gasteiger partial charge in [0.2, 0.25) is 0 Å². The van der Waals surface area contributed by atoms with Gasteiger partial charge in [0.25, 0.3) is 0 Å². The van der Waals surface area contributed by atoms with Crippen LogP contribution in [0, 0.1) is 11.8 Å². The van der Waals surface area contributed by atoms with Crippen LogP contribution in [-0.4, -0.2) is 10.7 Å². The first kappa shape index (κ1) is 8.79. The Balaban J connectivity index is 2.52. The highest BCUT2D eigenvalue weighted by Gasteiger charge is 2.35. The van der Waals surface area contributed by atoms with Crippen LogP contribution in [0.1, 0.15) is 33.1 Å². The van der Waals surface area contributed by atoms with E-state index in [0.29, 0.717) is 11.8 Å². The van der Waals surface area contributed by atoms with E-state index in [-0.39, 0.29) is 0 Å². The molecule has 0 spiro atoms. The molecule has 0 aliphatic heterocycles. The van der Waals surface area contributed by atoms with Crippen LogP contribution in [-0.2, 0) is 0 Å². The third kappa shape index (κ3) is 1.84. The highest BCUT2D eigenvalue weighted by atomic mass is 16.3. The summed E-state index contributed by atoms with van der Waals surface area (Å²) in [6.07, 6.45) is 4.67. The minimum atomic E-state index is -0.547. The Labute approximate surface area is 69.1 Å². The maximum Gasteiger partial charge on any atom is 0.0827 e. The van der Waals surface area contributed by atoms with Crippen molar-refractivity contribution in [3.05, 3.63) is 12.7 Å².